The Kier molecular flexibility index (Phi) is 4.33. The predicted molar refractivity (Wildman–Crippen MR) is 75.2 cm³/mol. The molecule has 2 aromatic rings. The number of hydrogen-bond acceptors (Lipinski definition) is 1. The minimum absolute atomic E-state index is 0.333. The van der Waals surface area contributed by atoms with Crippen LogP contribution in [0.4, 0.5) is 10.1 Å². The van der Waals surface area contributed by atoms with Gasteiger partial charge in [-0.15, -0.1) is 0 Å². The van der Waals surface area contributed by atoms with Crippen molar-refractivity contribution in [1.29, 1.82) is 0 Å². The minimum Gasteiger partial charge on any atom is -0.380 e. The Morgan fingerprint density at radius 2 is 1.72 bits per heavy atom. The molecule has 0 aliphatic carbocycles. The molecule has 0 fully saturated rings. The van der Waals surface area contributed by atoms with E-state index in [1.807, 2.05) is 6.07 Å². The highest BCUT2D eigenvalue weighted by Gasteiger charge is 2.04. The molecule has 2 aromatic carbocycles. The molecule has 0 heterocycles. The molecule has 1 N–H and O–H groups in total. The molecule has 5 heteroatoms. The van der Waals surface area contributed by atoms with Gasteiger partial charge in [-0.2, -0.15) is 0 Å². The summed E-state index contributed by atoms with van der Waals surface area (Å²) < 4.78 is 12.9. The lowest BCUT2D eigenvalue weighted by Gasteiger charge is -2.10. The summed E-state index contributed by atoms with van der Waals surface area (Å²) in [6.45, 7) is 0.487. The summed E-state index contributed by atoms with van der Waals surface area (Å²) in [5.74, 6) is -0.366. The van der Waals surface area contributed by atoms with Crippen molar-refractivity contribution < 1.29 is 4.39 Å². The molecular weight excluding hydrogens is 296 g/mol. The zero-order valence-electron chi connectivity index (χ0n) is 9.18. The van der Waals surface area contributed by atoms with Crippen LogP contribution in [-0.2, 0) is 6.54 Å². The molecule has 1 nitrogen and oxygen atoms in total. The summed E-state index contributed by atoms with van der Waals surface area (Å²) in [6.07, 6.45) is 0. The average molecular weight is 305 g/mol. The van der Waals surface area contributed by atoms with Crippen LogP contribution < -0.4 is 5.32 Å². The molecule has 0 saturated carbocycles. The molecule has 0 saturated heterocycles. The van der Waals surface area contributed by atoms with Crippen LogP contribution in [0.2, 0.25) is 15.1 Å². The van der Waals surface area contributed by atoms with Gasteiger partial charge in [0.05, 0.1) is 10.7 Å². The molecule has 0 spiro atoms. The topological polar surface area (TPSA) is 12.0 Å². The maximum atomic E-state index is 12.9. The number of rotatable bonds is 3. The van der Waals surface area contributed by atoms with Gasteiger partial charge in [-0.05, 0) is 35.9 Å². The number of hydrogen-bond donors (Lipinski definition) is 1. The molecule has 0 aliphatic heterocycles. The molecule has 0 unspecified atom stereocenters. The minimum atomic E-state index is -0.366. The molecule has 0 atom stereocenters. The van der Waals surface area contributed by atoms with Crippen LogP contribution in [0.3, 0.4) is 0 Å². The van der Waals surface area contributed by atoms with Gasteiger partial charge in [-0.25, -0.2) is 4.39 Å². The average Bonchev–Trinajstić information content (AvgIpc) is 2.30. The highest BCUT2D eigenvalue weighted by Crippen LogP contribution is 2.25. The predicted octanol–water partition coefficient (Wildman–Crippen LogP) is 5.40. The van der Waals surface area contributed by atoms with Crippen LogP contribution in [0.15, 0.2) is 36.4 Å². The van der Waals surface area contributed by atoms with Gasteiger partial charge in [0.2, 0.25) is 0 Å². The fourth-order valence-corrected chi connectivity index (χ4v) is 2.20. The summed E-state index contributed by atoms with van der Waals surface area (Å²) in [7, 11) is 0. The second kappa shape index (κ2) is 5.79. The SMILES string of the molecule is Fc1ccc(NCc2ccc(Cl)cc2Cl)c(Cl)c1. The summed E-state index contributed by atoms with van der Waals surface area (Å²) in [5.41, 5.74) is 1.55. The monoisotopic (exact) mass is 303 g/mol. The first-order valence-corrected chi connectivity index (χ1v) is 6.32. The van der Waals surface area contributed by atoms with E-state index < -0.39 is 0 Å². The van der Waals surface area contributed by atoms with Crippen molar-refractivity contribution in [3.63, 3.8) is 0 Å². The van der Waals surface area contributed by atoms with E-state index >= 15 is 0 Å². The van der Waals surface area contributed by atoms with Crippen molar-refractivity contribution in [3.8, 4) is 0 Å². The molecule has 0 bridgehead atoms. The lowest BCUT2D eigenvalue weighted by Crippen LogP contribution is -2.00. The zero-order valence-corrected chi connectivity index (χ0v) is 11.5. The maximum absolute atomic E-state index is 12.9. The van der Waals surface area contributed by atoms with Crippen LogP contribution in [0.5, 0.6) is 0 Å². The Morgan fingerprint density at radius 3 is 2.39 bits per heavy atom. The highest BCUT2D eigenvalue weighted by molar-refractivity contribution is 6.35. The standard InChI is InChI=1S/C13H9Cl3FN/c14-9-2-1-8(11(15)5-9)7-18-13-4-3-10(17)6-12(13)16/h1-6,18H,7H2. The van der Waals surface area contributed by atoms with Crippen LogP contribution in [0.25, 0.3) is 0 Å². The van der Waals surface area contributed by atoms with Gasteiger partial charge in [-0.1, -0.05) is 40.9 Å². The normalized spacial score (nSPS) is 10.4. The smallest absolute Gasteiger partial charge is 0.124 e. The van der Waals surface area contributed by atoms with Gasteiger partial charge in [0.15, 0.2) is 0 Å². The second-order valence-electron chi connectivity index (χ2n) is 3.71. The van der Waals surface area contributed by atoms with Crippen LogP contribution in [0.1, 0.15) is 5.56 Å². The summed E-state index contributed by atoms with van der Waals surface area (Å²) in [5, 5.41) is 4.59. The van der Waals surface area contributed by atoms with Gasteiger partial charge in [0, 0.05) is 16.6 Å². The van der Waals surface area contributed by atoms with Crippen molar-refractivity contribution >= 4 is 40.5 Å². The molecule has 0 amide bonds. The molecular formula is C13H9Cl3FN. The van der Waals surface area contributed by atoms with E-state index in [9.17, 15) is 4.39 Å². The Hall–Kier alpha value is -0.960. The third kappa shape index (κ3) is 3.29. The van der Waals surface area contributed by atoms with E-state index in [4.69, 9.17) is 34.8 Å². The van der Waals surface area contributed by atoms with Crippen molar-refractivity contribution in [1.82, 2.24) is 0 Å². The molecule has 94 valence electrons. The molecule has 0 aliphatic rings. The second-order valence-corrected chi connectivity index (χ2v) is 4.96. The number of benzene rings is 2. The molecule has 0 aromatic heterocycles. The van der Waals surface area contributed by atoms with Crippen LogP contribution in [0, 0.1) is 5.82 Å². The Labute approximate surface area is 119 Å². The summed E-state index contributed by atoms with van der Waals surface area (Å²) in [4.78, 5) is 0. The quantitative estimate of drug-likeness (QED) is 0.800. The van der Waals surface area contributed by atoms with Gasteiger partial charge < -0.3 is 5.32 Å². The molecule has 0 radical (unpaired) electrons. The number of anilines is 1. The first-order valence-electron chi connectivity index (χ1n) is 5.19. The van der Waals surface area contributed by atoms with E-state index in [-0.39, 0.29) is 5.82 Å². The number of halogens is 4. The fourth-order valence-electron chi connectivity index (χ4n) is 1.49. The third-order valence-corrected chi connectivity index (χ3v) is 3.32. The maximum Gasteiger partial charge on any atom is 0.124 e. The summed E-state index contributed by atoms with van der Waals surface area (Å²) >= 11 is 17.8. The Balaban J connectivity index is 2.11. The van der Waals surface area contributed by atoms with Gasteiger partial charge in [-0.3, -0.25) is 0 Å². The fraction of sp³-hybridized carbons (Fsp3) is 0.0769. The van der Waals surface area contributed by atoms with E-state index in [0.717, 1.165) is 5.56 Å². The van der Waals surface area contributed by atoms with Crippen molar-refractivity contribution in [2.24, 2.45) is 0 Å². The third-order valence-electron chi connectivity index (χ3n) is 2.42. The Morgan fingerprint density at radius 1 is 0.944 bits per heavy atom. The summed E-state index contributed by atoms with van der Waals surface area (Å²) in [6, 6.07) is 9.45. The van der Waals surface area contributed by atoms with Crippen molar-refractivity contribution in [2.45, 2.75) is 6.54 Å². The van der Waals surface area contributed by atoms with E-state index in [0.29, 0.717) is 27.3 Å². The first kappa shape index (κ1) is 13.5. The molecule has 18 heavy (non-hydrogen) atoms. The van der Waals surface area contributed by atoms with Crippen LogP contribution >= 0.6 is 34.8 Å². The zero-order chi connectivity index (χ0) is 13.1. The van der Waals surface area contributed by atoms with Gasteiger partial charge in [0.1, 0.15) is 5.82 Å². The van der Waals surface area contributed by atoms with E-state index in [2.05, 4.69) is 5.32 Å². The largest absolute Gasteiger partial charge is 0.380 e. The van der Waals surface area contributed by atoms with Gasteiger partial charge >= 0.3 is 0 Å². The van der Waals surface area contributed by atoms with Crippen molar-refractivity contribution in [2.75, 3.05) is 5.32 Å². The Bertz CT molecular complexity index is 521. The lowest BCUT2D eigenvalue weighted by molar-refractivity contribution is 0.628. The molecule has 2 rings (SSSR count). The highest BCUT2D eigenvalue weighted by atomic mass is 35.5. The van der Waals surface area contributed by atoms with Crippen molar-refractivity contribution in [3.05, 3.63) is 62.8 Å². The first-order chi connectivity index (χ1) is 8.56. The lowest BCUT2D eigenvalue weighted by atomic mass is 10.2. The van der Waals surface area contributed by atoms with E-state index in [1.165, 1.54) is 12.1 Å². The van der Waals surface area contributed by atoms with Gasteiger partial charge in [0.25, 0.3) is 0 Å². The van der Waals surface area contributed by atoms with E-state index in [1.54, 1.807) is 18.2 Å². The van der Waals surface area contributed by atoms with Crippen LogP contribution in [-0.4, -0.2) is 0 Å². The number of nitrogens with one attached hydrogen (secondary N) is 1.